The molecule has 3 heterocycles. The molecule has 458 valence electrons. The Kier molecular flexibility index (Phi) is 12.3. The van der Waals surface area contributed by atoms with Crippen molar-refractivity contribution in [1.82, 2.24) is 0 Å². The van der Waals surface area contributed by atoms with Crippen LogP contribution >= 0.6 is 0 Å². The van der Waals surface area contributed by atoms with Gasteiger partial charge in [-0.15, -0.1) is 0 Å². The molecule has 5 heteroatoms. The number of nitrogens with zero attached hydrogens (tertiary/aromatic N) is 4. The van der Waals surface area contributed by atoms with Crippen molar-refractivity contribution in [3.05, 3.63) is 251 Å². The molecule has 10 aromatic carbocycles. The van der Waals surface area contributed by atoms with E-state index in [2.05, 4.69) is 315 Å². The SMILES string of the molecule is CC1(C)CCC(C)(C)c2cc(N3c4cc5c(cc4B4c6ccc(-c7ccccc7)cc6N(c6ccc7cc6-c6ccccc6C7(C)C)c6cc(N7c8ccc(N(c9ccccc9)c9ccccc9)cc8C8(C)CCCCC78C)cc3c64)C(C)(C)CCC5(C)C)ccc21. The number of hydrogen-bond donors (Lipinski definition) is 0. The molecule has 10 aromatic rings. The molecule has 17 rings (SSSR count). The number of para-hydroxylation sites is 2. The van der Waals surface area contributed by atoms with Crippen LogP contribution in [0.1, 0.15) is 173 Å². The molecule has 2 unspecified atom stereocenters. The summed E-state index contributed by atoms with van der Waals surface area (Å²) in [6.07, 6.45) is 9.17. The van der Waals surface area contributed by atoms with E-state index in [9.17, 15) is 0 Å². The van der Waals surface area contributed by atoms with Crippen LogP contribution in [0.5, 0.6) is 0 Å². The third kappa shape index (κ3) is 8.15. The molecular formula is C87H87BN4. The smallest absolute Gasteiger partial charge is 0.252 e. The van der Waals surface area contributed by atoms with E-state index in [4.69, 9.17) is 0 Å². The molecule has 0 amide bonds. The molecule has 7 aliphatic rings. The monoisotopic (exact) mass is 1200 g/mol. The van der Waals surface area contributed by atoms with Gasteiger partial charge in [-0.05, 0) is 230 Å². The van der Waals surface area contributed by atoms with Crippen LogP contribution < -0.4 is 36.0 Å². The molecule has 1 fully saturated rings. The molecule has 2 bridgehead atoms. The Balaban J connectivity index is 1.00. The number of anilines is 11. The second kappa shape index (κ2) is 19.7. The average Bonchev–Trinajstić information content (AvgIpc) is 1.18. The zero-order valence-electron chi connectivity index (χ0n) is 56.2. The predicted molar refractivity (Wildman–Crippen MR) is 392 cm³/mol. The van der Waals surface area contributed by atoms with Crippen molar-refractivity contribution in [3.63, 3.8) is 0 Å². The maximum atomic E-state index is 2.87. The molecule has 0 saturated heterocycles. The lowest BCUT2D eigenvalue weighted by atomic mass is 9.33. The van der Waals surface area contributed by atoms with E-state index in [-0.39, 0.29) is 44.7 Å². The fourth-order valence-corrected chi connectivity index (χ4v) is 18.9. The molecule has 4 nitrogen and oxygen atoms in total. The second-order valence-corrected chi connectivity index (χ2v) is 32.1. The van der Waals surface area contributed by atoms with Gasteiger partial charge in [-0.3, -0.25) is 0 Å². The fraction of sp³-hybridized carbons (Fsp3) is 0.310. The van der Waals surface area contributed by atoms with Gasteiger partial charge in [0.15, 0.2) is 0 Å². The van der Waals surface area contributed by atoms with Crippen molar-refractivity contribution in [3.8, 4) is 22.3 Å². The number of hydrogen-bond acceptors (Lipinski definition) is 4. The summed E-state index contributed by atoms with van der Waals surface area (Å²) in [6, 6.07) is 83.3. The Morgan fingerprint density at radius 1 is 0.337 bits per heavy atom. The van der Waals surface area contributed by atoms with E-state index < -0.39 is 0 Å². The number of fused-ring (bicyclic) bond motifs is 13. The molecule has 92 heavy (non-hydrogen) atoms. The predicted octanol–water partition coefficient (Wildman–Crippen LogP) is 21.7. The Bertz CT molecular complexity index is 4650. The lowest BCUT2D eigenvalue weighted by molar-refractivity contribution is 0.195. The van der Waals surface area contributed by atoms with E-state index in [0.29, 0.717) is 0 Å². The third-order valence-corrected chi connectivity index (χ3v) is 24.7. The molecule has 1 saturated carbocycles. The molecule has 0 spiro atoms. The average molecular weight is 1200 g/mol. The van der Waals surface area contributed by atoms with E-state index in [1.807, 2.05) is 0 Å². The Morgan fingerprint density at radius 2 is 0.913 bits per heavy atom. The van der Waals surface area contributed by atoms with Crippen molar-refractivity contribution >= 4 is 85.7 Å². The molecule has 0 aromatic heterocycles. The van der Waals surface area contributed by atoms with Gasteiger partial charge in [0.1, 0.15) is 0 Å². The van der Waals surface area contributed by atoms with Crippen LogP contribution in [0.15, 0.2) is 212 Å². The van der Waals surface area contributed by atoms with Crippen LogP contribution in [0.2, 0.25) is 0 Å². The van der Waals surface area contributed by atoms with Gasteiger partial charge in [-0.25, -0.2) is 0 Å². The van der Waals surface area contributed by atoms with Crippen LogP contribution in [-0.4, -0.2) is 12.3 Å². The minimum Gasteiger partial charge on any atom is -0.334 e. The minimum atomic E-state index is -0.263. The first-order valence-corrected chi connectivity index (χ1v) is 34.5. The molecule has 3 aliphatic heterocycles. The van der Waals surface area contributed by atoms with E-state index in [1.165, 1.54) is 148 Å². The minimum absolute atomic E-state index is 0.00426. The largest absolute Gasteiger partial charge is 0.334 e. The van der Waals surface area contributed by atoms with Crippen molar-refractivity contribution in [2.75, 3.05) is 19.6 Å². The Morgan fingerprint density at radius 3 is 1.60 bits per heavy atom. The fourth-order valence-electron chi connectivity index (χ4n) is 18.9. The number of benzene rings is 10. The maximum Gasteiger partial charge on any atom is 0.252 e. The van der Waals surface area contributed by atoms with Crippen molar-refractivity contribution in [2.45, 2.75) is 172 Å². The van der Waals surface area contributed by atoms with E-state index in [1.54, 1.807) is 0 Å². The lowest BCUT2D eigenvalue weighted by Gasteiger charge is -2.51. The normalized spacial score (nSPS) is 21.6. The van der Waals surface area contributed by atoms with Crippen LogP contribution in [0.4, 0.5) is 62.6 Å². The summed E-state index contributed by atoms with van der Waals surface area (Å²) < 4.78 is 0. The standard InChI is InChI=1S/C87H87BN4/c1-81(2)44-45-82(3,4)68-50-62(36-38-67(68)81)90-77-55-70-69(83(5,6)46-47-84(70,7)8)54-73(77)88-72-39-34-57(56-26-16-13-17-27-56)48-76(72)91(74-40-35-58-49-65(74)64-32-22-23-33-66(64)85(58,9)10)79-53-63(52-78(90)80(79)88)92-75-41-37-61(51-71(75)86(11)42-24-25-43-87(86,92)12)89(59-28-18-14-19-29-59)60-30-20-15-21-31-60/h13-23,26-41,48-55H,24-25,42-47H2,1-12H3. The van der Waals surface area contributed by atoms with Crippen LogP contribution in [-0.2, 0) is 32.5 Å². The highest BCUT2D eigenvalue weighted by Gasteiger charge is 2.59. The summed E-state index contributed by atoms with van der Waals surface area (Å²) in [7, 11) is 0. The van der Waals surface area contributed by atoms with Crippen LogP contribution in [0, 0.1) is 0 Å². The molecule has 4 aliphatic carbocycles. The molecule has 2 atom stereocenters. The molecule has 0 N–H and O–H groups in total. The zero-order chi connectivity index (χ0) is 63.2. The van der Waals surface area contributed by atoms with Gasteiger partial charge in [0.2, 0.25) is 0 Å². The van der Waals surface area contributed by atoms with Gasteiger partial charge in [-0.1, -0.05) is 210 Å². The van der Waals surface area contributed by atoms with Crippen LogP contribution in [0.25, 0.3) is 22.3 Å². The molecular weight excluding hydrogens is 1110 g/mol. The first kappa shape index (κ1) is 57.4. The van der Waals surface area contributed by atoms with E-state index >= 15 is 0 Å². The summed E-state index contributed by atoms with van der Waals surface area (Å²) in [5.74, 6) is 0. The van der Waals surface area contributed by atoms with E-state index in [0.717, 1.165) is 43.5 Å². The second-order valence-electron chi connectivity index (χ2n) is 32.1. The zero-order valence-corrected chi connectivity index (χ0v) is 56.2. The highest BCUT2D eigenvalue weighted by atomic mass is 15.3. The van der Waals surface area contributed by atoms with Gasteiger partial charge in [-0.2, -0.15) is 0 Å². The molecule has 0 radical (unpaired) electrons. The first-order valence-electron chi connectivity index (χ1n) is 34.5. The summed E-state index contributed by atoms with van der Waals surface area (Å²) >= 11 is 0. The Hall–Kier alpha value is -8.54. The van der Waals surface area contributed by atoms with Gasteiger partial charge >= 0.3 is 0 Å². The maximum absolute atomic E-state index is 2.87. The Labute approximate surface area is 548 Å². The quantitative estimate of drug-likeness (QED) is 0.147. The van der Waals surface area contributed by atoms with Crippen molar-refractivity contribution in [1.29, 1.82) is 0 Å². The van der Waals surface area contributed by atoms with Gasteiger partial charge in [0.05, 0.1) is 11.2 Å². The van der Waals surface area contributed by atoms with Gasteiger partial charge < -0.3 is 19.6 Å². The van der Waals surface area contributed by atoms with Gasteiger partial charge in [0, 0.05) is 73.3 Å². The highest BCUT2D eigenvalue weighted by Crippen LogP contribution is 2.64. The van der Waals surface area contributed by atoms with Crippen LogP contribution in [0.3, 0.4) is 0 Å². The summed E-state index contributed by atoms with van der Waals surface area (Å²) in [5, 5.41) is 0. The van der Waals surface area contributed by atoms with Crippen molar-refractivity contribution in [2.24, 2.45) is 0 Å². The first-order chi connectivity index (χ1) is 44.1. The number of rotatable bonds is 7. The third-order valence-electron chi connectivity index (χ3n) is 24.7. The highest BCUT2D eigenvalue weighted by molar-refractivity contribution is 7.00. The summed E-state index contributed by atoms with van der Waals surface area (Å²) in [6.45, 7) is 30.0. The summed E-state index contributed by atoms with van der Waals surface area (Å²) in [4.78, 5) is 10.9. The topological polar surface area (TPSA) is 13.0 Å². The summed E-state index contributed by atoms with van der Waals surface area (Å²) in [5.41, 5.74) is 32.4. The lowest BCUT2D eigenvalue weighted by Crippen LogP contribution is -2.62. The van der Waals surface area contributed by atoms with Crippen molar-refractivity contribution < 1.29 is 0 Å². The van der Waals surface area contributed by atoms with Gasteiger partial charge in [0.25, 0.3) is 6.71 Å².